The quantitative estimate of drug-likeness (QED) is 0.159. The number of hydrogen-bond acceptors (Lipinski definition) is 6. The third kappa shape index (κ3) is 16.4. The number of carbonyl (C=O) groups excluding carboxylic acids is 1. The van der Waals surface area contributed by atoms with E-state index in [1.807, 2.05) is 75.4 Å². The molecule has 0 saturated carbocycles. The topological polar surface area (TPSA) is 87.0 Å². The first-order chi connectivity index (χ1) is 20.1. The molecule has 0 amide bonds. The largest absolute Gasteiger partial charge is 0.461 e. The second-order valence-corrected chi connectivity index (χ2v) is 10.5. The van der Waals surface area contributed by atoms with Crippen LogP contribution < -0.4 is 15.6 Å². The van der Waals surface area contributed by atoms with Gasteiger partial charge in [-0.3, -0.25) is 0 Å². The highest BCUT2D eigenvalue weighted by Gasteiger charge is 1.98. The lowest BCUT2D eigenvalue weighted by molar-refractivity contribution is -0.117. The Labute approximate surface area is 252 Å². The third-order valence-corrected chi connectivity index (χ3v) is 6.05. The number of carbonyl (C=O) groups is 1. The summed E-state index contributed by atoms with van der Waals surface area (Å²) in [7, 11) is 0. The molecule has 3 aromatic carbocycles. The molecule has 6 nitrogen and oxygen atoms in total. The summed E-state index contributed by atoms with van der Waals surface area (Å²) in [6, 6.07) is 23.7. The smallest absolute Gasteiger partial charge is 0.157 e. The molecule has 4 aromatic rings. The van der Waals surface area contributed by atoms with Crippen LogP contribution in [0.1, 0.15) is 88.7 Å². The summed E-state index contributed by atoms with van der Waals surface area (Å²) in [4.78, 5) is 20.0. The number of ketones is 1. The summed E-state index contributed by atoms with van der Waals surface area (Å²) in [5.41, 5.74) is 5.74. The molecule has 0 spiro atoms. The Morgan fingerprint density at radius 1 is 0.738 bits per heavy atom. The van der Waals surface area contributed by atoms with E-state index in [9.17, 15) is 4.79 Å². The van der Waals surface area contributed by atoms with Crippen LogP contribution in [-0.2, 0) is 4.79 Å². The number of fused-ring (bicyclic) bond motifs is 1. The number of aryl methyl sites for hydroxylation is 4. The van der Waals surface area contributed by atoms with Crippen LogP contribution in [0.25, 0.3) is 11.0 Å². The van der Waals surface area contributed by atoms with E-state index in [0.29, 0.717) is 11.5 Å². The van der Waals surface area contributed by atoms with Crippen LogP contribution in [0.3, 0.4) is 0 Å². The van der Waals surface area contributed by atoms with Crippen molar-refractivity contribution in [3.05, 3.63) is 95.2 Å². The van der Waals surface area contributed by atoms with Crippen molar-refractivity contribution in [1.82, 2.24) is 0 Å². The van der Waals surface area contributed by atoms with E-state index in [4.69, 9.17) is 15.2 Å². The molecule has 0 radical (unpaired) electrons. The average molecular weight is 575 g/mol. The molecule has 4 rings (SSSR count). The normalized spacial score (nSPS) is 10.4. The van der Waals surface area contributed by atoms with Gasteiger partial charge >= 0.3 is 0 Å². The fraction of sp³-hybridized carbons (Fsp3) is 0.389. The number of Topliss-reactive ketones (excluding diaryl/α,β-unsaturated/α-hetero) is 1. The first-order valence-corrected chi connectivity index (χ1v) is 14.7. The zero-order valence-electron chi connectivity index (χ0n) is 26.8. The van der Waals surface area contributed by atoms with Crippen molar-refractivity contribution in [3.8, 4) is 11.5 Å². The van der Waals surface area contributed by atoms with E-state index >= 15 is 0 Å². The molecule has 42 heavy (non-hydrogen) atoms. The summed E-state index contributed by atoms with van der Waals surface area (Å²) < 4.78 is 5.42. The van der Waals surface area contributed by atoms with Gasteiger partial charge < -0.3 is 18.9 Å². The Kier molecular flexibility index (Phi) is 18.0. The molecule has 228 valence electrons. The second-order valence-electron chi connectivity index (χ2n) is 10.5. The van der Waals surface area contributed by atoms with Crippen LogP contribution in [0, 0.1) is 27.7 Å². The van der Waals surface area contributed by atoms with Crippen molar-refractivity contribution in [3.63, 3.8) is 0 Å². The number of unbranched alkanes of at least 4 members (excludes halogenated alkanes) is 2. The molecule has 0 fully saturated rings. The van der Waals surface area contributed by atoms with Crippen molar-refractivity contribution >= 4 is 22.5 Å². The van der Waals surface area contributed by atoms with Gasteiger partial charge in [0.2, 0.25) is 0 Å². The van der Waals surface area contributed by atoms with Gasteiger partial charge in [-0.25, -0.2) is 0 Å². The van der Waals surface area contributed by atoms with E-state index in [-0.39, 0.29) is 0 Å². The number of benzene rings is 3. The summed E-state index contributed by atoms with van der Waals surface area (Å²) >= 11 is 0. The number of furan rings is 1. The van der Waals surface area contributed by atoms with Gasteiger partial charge in [0.15, 0.2) is 5.75 Å². The Morgan fingerprint density at radius 3 is 1.76 bits per heavy atom. The minimum atomic E-state index is 0.307. The van der Waals surface area contributed by atoms with Gasteiger partial charge in [0.05, 0.1) is 5.71 Å². The number of nitrogens with two attached hydrogens (primary N) is 1. The Hall–Kier alpha value is -3.90. The molecule has 0 atom stereocenters. The lowest BCUT2D eigenvalue weighted by Gasteiger charge is -2.01. The van der Waals surface area contributed by atoms with Gasteiger partial charge in [-0.1, -0.05) is 78.9 Å². The van der Waals surface area contributed by atoms with Crippen molar-refractivity contribution in [1.29, 1.82) is 0 Å². The van der Waals surface area contributed by atoms with E-state index in [1.165, 1.54) is 34.9 Å². The van der Waals surface area contributed by atoms with Gasteiger partial charge in [0.25, 0.3) is 0 Å². The molecular weight excluding hydrogens is 524 g/mol. The maximum atomic E-state index is 10.2. The van der Waals surface area contributed by atoms with Gasteiger partial charge in [-0.2, -0.15) is 5.90 Å². The standard InChI is InChI=1S/C13H19NO.C10H10O.C7H9NO.C6H12O/c1-4-5-6-12(3)14-15-13-9-7-11(2)8-10-13;1-7-3-4-10-9(5-7)6-8(2)11-10;1-6-2-4-7(9-8)5-3-6;1-3-4-5-6(2)7/h7-10H,4-6H2,1-3H3;3-6H,1-2H3;2-5H,8H2,1H3;3-5H2,1-2H3/b14-12-;;;. The third-order valence-electron chi connectivity index (χ3n) is 6.05. The average Bonchev–Trinajstić information content (AvgIpc) is 3.35. The van der Waals surface area contributed by atoms with E-state index in [1.54, 1.807) is 6.92 Å². The molecule has 0 aliphatic carbocycles. The van der Waals surface area contributed by atoms with Crippen molar-refractivity contribution in [2.24, 2.45) is 11.1 Å². The maximum absolute atomic E-state index is 10.2. The van der Waals surface area contributed by atoms with Crippen LogP contribution in [-0.4, -0.2) is 11.5 Å². The Balaban J connectivity index is 0.000000291. The number of hydrogen-bond donors (Lipinski definition) is 1. The summed E-state index contributed by atoms with van der Waals surface area (Å²) in [6.07, 6.45) is 6.32. The fourth-order valence-electron chi connectivity index (χ4n) is 3.55. The molecule has 0 bridgehead atoms. The number of rotatable bonds is 9. The van der Waals surface area contributed by atoms with Crippen LogP contribution >= 0.6 is 0 Å². The maximum Gasteiger partial charge on any atom is 0.157 e. The molecule has 0 aliphatic heterocycles. The van der Waals surface area contributed by atoms with Crippen molar-refractivity contribution in [2.45, 2.75) is 93.9 Å². The molecule has 1 heterocycles. The van der Waals surface area contributed by atoms with Gasteiger partial charge in [-0.15, -0.1) is 0 Å². The van der Waals surface area contributed by atoms with E-state index < -0.39 is 0 Å². The van der Waals surface area contributed by atoms with Crippen LogP contribution in [0.4, 0.5) is 0 Å². The van der Waals surface area contributed by atoms with E-state index in [0.717, 1.165) is 48.5 Å². The zero-order chi connectivity index (χ0) is 31.3. The first-order valence-electron chi connectivity index (χ1n) is 14.7. The minimum Gasteiger partial charge on any atom is -0.461 e. The molecular formula is C36H50N2O4. The lowest BCUT2D eigenvalue weighted by Crippen LogP contribution is -2.00. The minimum absolute atomic E-state index is 0.307. The van der Waals surface area contributed by atoms with Gasteiger partial charge in [0, 0.05) is 11.8 Å². The molecule has 1 aromatic heterocycles. The summed E-state index contributed by atoms with van der Waals surface area (Å²) in [6.45, 7) is 16.0. The Morgan fingerprint density at radius 2 is 1.26 bits per heavy atom. The van der Waals surface area contributed by atoms with Crippen molar-refractivity contribution < 1.29 is 18.9 Å². The molecule has 2 N–H and O–H groups in total. The highest BCUT2D eigenvalue weighted by Crippen LogP contribution is 2.19. The SMILES string of the molecule is CCCC/C(C)=N\Oc1ccc(C)cc1.CCCCC(C)=O.Cc1ccc(ON)cc1.Cc1ccc2oc(C)cc2c1. The fourth-order valence-corrected chi connectivity index (χ4v) is 3.55. The van der Waals surface area contributed by atoms with Gasteiger partial charge in [-0.05, 0) is 103 Å². The van der Waals surface area contributed by atoms with E-state index in [2.05, 4.69) is 55.9 Å². The second kappa shape index (κ2) is 20.9. The van der Waals surface area contributed by atoms with Crippen LogP contribution in [0.2, 0.25) is 0 Å². The van der Waals surface area contributed by atoms with Crippen LogP contribution in [0.5, 0.6) is 11.5 Å². The highest BCUT2D eigenvalue weighted by molar-refractivity contribution is 5.81. The lowest BCUT2D eigenvalue weighted by atomic mass is 10.2. The van der Waals surface area contributed by atoms with Crippen LogP contribution in [0.15, 0.2) is 82.4 Å². The molecule has 0 unspecified atom stereocenters. The summed E-state index contributed by atoms with van der Waals surface area (Å²) in [5, 5.41) is 5.27. The molecule has 6 heteroatoms. The Bertz CT molecular complexity index is 1320. The molecule has 0 saturated heterocycles. The summed E-state index contributed by atoms with van der Waals surface area (Å²) in [5.74, 6) is 7.68. The highest BCUT2D eigenvalue weighted by atomic mass is 16.6. The number of nitrogens with zero attached hydrogens (tertiary/aromatic N) is 1. The predicted molar refractivity (Wildman–Crippen MR) is 176 cm³/mol. The van der Waals surface area contributed by atoms with Crippen molar-refractivity contribution in [2.75, 3.05) is 0 Å². The monoisotopic (exact) mass is 574 g/mol. The first kappa shape index (κ1) is 36.1. The number of oxime groups is 1. The zero-order valence-corrected chi connectivity index (χ0v) is 26.8. The molecule has 0 aliphatic rings. The predicted octanol–water partition coefficient (Wildman–Crippen LogP) is 10.0. The van der Waals surface area contributed by atoms with Gasteiger partial charge in [0.1, 0.15) is 22.9 Å².